The number of alkyl halides is 3. The van der Waals surface area contributed by atoms with E-state index in [0.29, 0.717) is 18.9 Å². The summed E-state index contributed by atoms with van der Waals surface area (Å²) in [5, 5.41) is 16.0. The Labute approximate surface area is 95.9 Å². The SMILES string of the molecule is C[C@H](O)CN1CCn2c(nnc2C(F)(F)F)C1. The molecule has 0 amide bonds. The summed E-state index contributed by atoms with van der Waals surface area (Å²) < 4.78 is 38.7. The van der Waals surface area contributed by atoms with Crippen LogP contribution < -0.4 is 0 Å². The summed E-state index contributed by atoms with van der Waals surface area (Å²) in [6.07, 6.45) is -4.97. The minimum atomic E-state index is -4.46. The number of hydrogen-bond donors (Lipinski definition) is 1. The number of aromatic nitrogens is 3. The van der Waals surface area contributed by atoms with Crippen LogP contribution in [0, 0.1) is 0 Å². The molecule has 0 radical (unpaired) electrons. The molecule has 0 spiro atoms. The third kappa shape index (κ3) is 2.58. The molecular formula is C9H13F3N4O. The maximum atomic E-state index is 12.5. The smallest absolute Gasteiger partial charge is 0.392 e. The third-order valence-corrected chi connectivity index (χ3v) is 2.61. The van der Waals surface area contributed by atoms with Gasteiger partial charge in [0.1, 0.15) is 5.82 Å². The van der Waals surface area contributed by atoms with Crippen molar-refractivity contribution in [2.75, 3.05) is 13.1 Å². The normalized spacial score (nSPS) is 19.1. The van der Waals surface area contributed by atoms with E-state index in [9.17, 15) is 18.3 Å². The van der Waals surface area contributed by atoms with E-state index in [-0.39, 0.29) is 13.1 Å². The fraction of sp³-hybridized carbons (Fsp3) is 0.778. The van der Waals surface area contributed by atoms with Crippen molar-refractivity contribution in [1.82, 2.24) is 19.7 Å². The van der Waals surface area contributed by atoms with Crippen LogP contribution in [-0.2, 0) is 19.3 Å². The molecule has 5 nitrogen and oxygen atoms in total. The lowest BCUT2D eigenvalue weighted by Gasteiger charge is -2.28. The van der Waals surface area contributed by atoms with Crippen molar-refractivity contribution < 1.29 is 18.3 Å². The summed E-state index contributed by atoms with van der Waals surface area (Å²) in [5.41, 5.74) is 0. The molecule has 0 aromatic carbocycles. The molecule has 1 aliphatic heterocycles. The summed E-state index contributed by atoms with van der Waals surface area (Å²) in [4.78, 5) is 1.86. The van der Waals surface area contributed by atoms with Gasteiger partial charge < -0.3 is 9.67 Å². The number of β-amino-alcohol motifs (C(OH)–C–C–N with tert-alkyl or cyclic N) is 1. The second-order valence-electron chi connectivity index (χ2n) is 4.17. The Balaban J connectivity index is 2.16. The van der Waals surface area contributed by atoms with Crippen LogP contribution in [0.3, 0.4) is 0 Å². The third-order valence-electron chi connectivity index (χ3n) is 2.61. The van der Waals surface area contributed by atoms with Crippen molar-refractivity contribution in [3.05, 3.63) is 11.6 Å². The largest absolute Gasteiger partial charge is 0.451 e. The van der Waals surface area contributed by atoms with Crippen molar-refractivity contribution >= 4 is 0 Å². The monoisotopic (exact) mass is 250 g/mol. The molecule has 8 heteroatoms. The average molecular weight is 250 g/mol. The van der Waals surface area contributed by atoms with Gasteiger partial charge in [0, 0.05) is 19.6 Å². The van der Waals surface area contributed by atoms with Crippen LogP contribution >= 0.6 is 0 Å². The minimum absolute atomic E-state index is 0.198. The maximum absolute atomic E-state index is 12.5. The number of halogens is 3. The van der Waals surface area contributed by atoms with Gasteiger partial charge >= 0.3 is 6.18 Å². The lowest BCUT2D eigenvalue weighted by molar-refractivity contribution is -0.148. The summed E-state index contributed by atoms with van der Waals surface area (Å²) in [7, 11) is 0. The van der Waals surface area contributed by atoms with Crippen LogP contribution in [0.4, 0.5) is 13.2 Å². The van der Waals surface area contributed by atoms with Gasteiger partial charge in [-0.1, -0.05) is 0 Å². The second kappa shape index (κ2) is 4.26. The fourth-order valence-electron chi connectivity index (χ4n) is 1.95. The minimum Gasteiger partial charge on any atom is -0.392 e. The van der Waals surface area contributed by atoms with Crippen LogP contribution in [-0.4, -0.2) is 44.0 Å². The van der Waals surface area contributed by atoms with Gasteiger partial charge in [0.15, 0.2) is 0 Å². The van der Waals surface area contributed by atoms with Crippen molar-refractivity contribution in [2.45, 2.75) is 32.3 Å². The van der Waals surface area contributed by atoms with Gasteiger partial charge in [-0.3, -0.25) is 4.90 Å². The summed E-state index contributed by atoms with van der Waals surface area (Å²) in [6.45, 7) is 3.01. The number of aliphatic hydroxyl groups excluding tert-OH is 1. The molecule has 0 saturated heterocycles. The Morgan fingerprint density at radius 2 is 2.06 bits per heavy atom. The molecule has 1 N–H and O–H groups in total. The van der Waals surface area contributed by atoms with E-state index in [1.165, 1.54) is 0 Å². The van der Waals surface area contributed by atoms with Crippen LogP contribution in [0.15, 0.2) is 0 Å². The Morgan fingerprint density at radius 3 is 2.65 bits per heavy atom. The highest BCUT2D eigenvalue weighted by atomic mass is 19.4. The summed E-state index contributed by atoms with van der Waals surface area (Å²) in [5.74, 6) is -0.645. The molecule has 0 bridgehead atoms. The van der Waals surface area contributed by atoms with E-state index < -0.39 is 18.1 Å². The fourth-order valence-corrected chi connectivity index (χ4v) is 1.95. The van der Waals surface area contributed by atoms with Crippen LogP contribution in [0.1, 0.15) is 18.6 Å². The van der Waals surface area contributed by atoms with Gasteiger partial charge in [-0.2, -0.15) is 13.2 Å². The van der Waals surface area contributed by atoms with Crippen molar-refractivity contribution in [3.63, 3.8) is 0 Å². The summed E-state index contributed by atoms with van der Waals surface area (Å²) >= 11 is 0. The van der Waals surface area contributed by atoms with Gasteiger partial charge in [-0.05, 0) is 6.92 Å². The highest BCUT2D eigenvalue weighted by molar-refractivity contribution is 5.02. The van der Waals surface area contributed by atoms with Gasteiger partial charge in [-0.25, -0.2) is 0 Å². The summed E-state index contributed by atoms with van der Waals surface area (Å²) in [6, 6.07) is 0. The van der Waals surface area contributed by atoms with Gasteiger partial charge in [0.05, 0.1) is 12.6 Å². The molecule has 0 fully saturated rings. The first-order valence-corrected chi connectivity index (χ1v) is 5.27. The molecule has 2 rings (SSSR count). The zero-order valence-corrected chi connectivity index (χ0v) is 9.28. The number of nitrogens with zero attached hydrogens (tertiary/aromatic N) is 4. The molecule has 2 heterocycles. The van der Waals surface area contributed by atoms with Crippen molar-refractivity contribution in [1.29, 1.82) is 0 Å². The molecule has 0 saturated carbocycles. The van der Waals surface area contributed by atoms with Gasteiger partial charge in [0.2, 0.25) is 5.82 Å². The topological polar surface area (TPSA) is 54.2 Å². The first kappa shape index (κ1) is 12.3. The molecule has 0 unspecified atom stereocenters. The maximum Gasteiger partial charge on any atom is 0.451 e. The van der Waals surface area contributed by atoms with E-state index in [1.54, 1.807) is 6.92 Å². The quantitative estimate of drug-likeness (QED) is 0.830. The number of aliphatic hydroxyl groups is 1. The Hall–Kier alpha value is -1.15. The zero-order chi connectivity index (χ0) is 12.6. The number of rotatable bonds is 2. The van der Waals surface area contributed by atoms with Crippen LogP contribution in [0.5, 0.6) is 0 Å². The predicted molar refractivity (Wildman–Crippen MR) is 52.0 cm³/mol. The molecular weight excluding hydrogens is 237 g/mol. The Morgan fingerprint density at radius 1 is 1.35 bits per heavy atom. The molecule has 1 aliphatic rings. The predicted octanol–water partition coefficient (Wildman–Crippen LogP) is 0.493. The van der Waals surface area contributed by atoms with E-state index in [4.69, 9.17) is 0 Å². The number of hydrogen-bond acceptors (Lipinski definition) is 4. The Kier molecular flexibility index (Phi) is 3.09. The number of fused-ring (bicyclic) bond motifs is 1. The Bertz CT molecular complexity index is 401. The van der Waals surface area contributed by atoms with E-state index in [0.717, 1.165) is 4.57 Å². The standard InChI is InChI=1S/C9H13F3N4O/c1-6(17)4-15-2-3-16-7(5-15)13-14-8(16)9(10,11)12/h6,17H,2-5H2,1H3/t6-/m0/s1. The molecule has 1 aromatic heterocycles. The first-order chi connectivity index (χ1) is 7.88. The first-order valence-electron chi connectivity index (χ1n) is 5.27. The van der Waals surface area contributed by atoms with Gasteiger partial charge in [0.25, 0.3) is 0 Å². The van der Waals surface area contributed by atoms with E-state index in [1.807, 2.05) is 4.90 Å². The highest BCUT2D eigenvalue weighted by Crippen LogP contribution is 2.29. The van der Waals surface area contributed by atoms with Crippen molar-refractivity contribution in [2.24, 2.45) is 0 Å². The molecule has 1 aromatic rings. The van der Waals surface area contributed by atoms with E-state index >= 15 is 0 Å². The van der Waals surface area contributed by atoms with E-state index in [2.05, 4.69) is 10.2 Å². The molecule has 0 aliphatic carbocycles. The second-order valence-corrected chi connectivity index (χ2v) is 4.17. The highest BCUT2D eigenvalue weighted by Gasteiger charge is 2.39. The molecule has 17 heavy (non-hydrogen) atoms. The van der Waals surface area contributed by atoms with Crippen LogP contribution in [0.25, 0.3) is 0 Å². The lowest BCUT2D eigenvalue weighted by atomic mass is 10.3. The van der Waals surface area contributed by atoms with Crippen LogP contribution in [0.2, 0.25) is 0 Å². The van der Waals surface area contributed by atoms with Gasteiger partial charge in [-0.15, -0.1) is 10.2 Å². The molecule has 96 valence electrons. The van der Waals surface area contributed by atoms with Crippen molar-refractivity contribution in [3.8, 4) is 0 Å². The average Bonchev–Trinajstić information content (AvgIpc) is 2.58. The lowest BCUT2D eigenvalue weighted by Crippen LogP contribution is -2.38. The molecule has 1 atom stereocenters. The zero-order valence-electron chi connectivity index (χ0n) is 9.28.